The maximum Gasteiger partial charge on any atom is 0.416 e. The van der Waals surface area contributed by atoms with Gasteiger partial charge >= 0.3 is 18.5 Å². The van der Waals surface area contributed by atoms with Crippen LogP contribution in [0.3, 0.4) is 0 Å². The molecule has 300 valence electrons. The van der Waals surface area contributed by atoms with Crippen LogP contribution in [0.1, 0.15) is 57.8 Å². The van der Waals surface area contributed by atoms with Gasteiger partial charge in [0.2, 0.25) is 0 Å². The third-order valence-corrected chi connectivity index (χ3v) is 7.28. The average molecular weight is 809 g/mol. The SMILES string of the molecule is CC(=O)C(C#N)=C(O)Cc1ccc(C(F)(F)F)cc1.CC(=O)C(C#N)=C(O)Cc1ccc(C(F)(F)F)cc1.Cc1oncc1C(=O)Nc1ccc(C(F)(F)F)cc1. The van der Waals surface area contributed by atoms with Crippen molar-refractivity contribution in [2.45, 2.75) is 52.1 Å². The minimum Gasteiger partial charge on any atom is -0.510 e. The molecule has 3 N–H and O–H groups in total. The molecule has 1 aromatic heterocycles. The van der Waals surface area contributed by atoms with Crippen LogP contribution in [-0.4, -0.2) is 32.8 Å². The number of Topliss-reactive ketones (excluding diaryl/α,β-unsaturated/α-hetero) is 2. The summed E-state index contributed by atoms with van der Waals surface area (Å²) in [6.07, 6.45) is -12.3. The second kappa shape index (κ2) is 19.6. The number of alkyl halides is 9. The van der Waals surface area contributed by atoms with Gasteiger partial charge < -0.3 is 20.1 Å². The van der Waals surface area contributed by atoms with E-state index in [0.29, 0.717) is 16.9 Å². The lowest BCUT2D eigenvalue weighted by Gasteiger charge is -2.08. The zero-order valence-electron chi connectivity index (χ0n) is 29.7. The van der Waals surface area contributed by atoms with Crippen LogP contribution < -0.4 is 5.32 Å². The van der Waals surface area contributed by atoms with Crippen molar-refractivity contribution in [2.24, 2.45) is 0 Å². The van der Waals surface area contributed by atoms with Gasteiger partial charge in [0.25, 0.3) is 5.91 Å². The quantitative estimate of drug-likeness (QED) is 0.0677. The highest BCUT2D eigenvalue weighted by Gasteiger charge is 2.31. The number of aliphatic hydroxyl groups excluding tert-OH is 2. The lowest BCUT2D eigenvalue weighted by atomic mass is 10.0. The number of halogens is 9. The maximum atomic E-state index is 12.4. The fourth-order valence-corrected chi connectivity index (χ4v) is 4.34. The highest BCUT2D eigenvalue weighted by atomic mass is 19.4. The highest BCUT2D eigenvalue weighted by molar-refractivity contribution is 6.04. The van der Waals surface area contributed by atoms with E-state index >= 15 is 0 Å². The van der Waals surface area contributed by atoms with E-state index in [1.165, 1.54) is 42.6 Å². The van der Waals surface area contributed by atoms with Gasteiger partial charge in [-0.3, -0.25) is 14.4 Å². The van der Waals surface area contributed by atoms with Gasteiger partial charge in [0.05, 0.1) is 22.9 Å². The van der Waals surface area contributed by atoms with Crippen molar-refractivity contribution in [1.29, 1.82) is 10.5 Å². The molecule has 0 radical (unpaired) electrons. The third kappa shape index (κ3) is 14.4. The number of carbonyl (C=O) groups is 3. The van der Waals surface area contributed by atoms with Gasteiger partial charge in [-0.1, -0.05) is 29.4 Å². The van der Waals surface area contributed by atoms with E-state index in [-0.39, 0.29) is 35.2 Å². The van der Waals surface area contributed by atoms with Crippen LogP contribution in [0.25, 0.3) is 0 Å². The number of nitrogens with one attached hydrogen (secondary N) is 1. The Morgan fingerprint density at radius 1 is 0.649 bits per heavy atom. The van der Waals surface area contributed by atoms with E-state index in [4.69, 9.17) is 15.0 Å². The Balaban J connectivity index is 0.000000295. The summed E-state index contributed by atoms with van der Waals surface area (Å²) < 4.78 is 116. The molecule has 0 aliphatic heterocycles. The molecule has 0 unspecified atom stereocenters. The van der Waals surface area contributed by atoms with Crippen molar-refractivity contribution >= 4 is 23.2 Å². The molecule has 19 heteroatoms. The number of aliphatic hydroxyl groups is 2. The first-order chi connectivity index (χ1) is 26.4. The molecule has 0 fully saturated rings. The van der Waals surface area contributed by atoms with Crippen LogP contribution in [0, 0.1) is 29.6 Å². The van der Waals surface area contributed by atoms with Gasteiger partial charge in [-0.2, -0.15) is 50.0 Å². The van der Waals surface area contributed by atoms with Gasteiger partial charge in [-0.05, 0) is 80.4 Å². The number of benzene rings is 3. The number of hydrogen-bond donors (Lipinski definition) is 3. The molecular formula is C38H29F9N4O6. The average Bonchev–Trinajstić information content (AvgIpc) is 3.54. The van der Waals surface area contributed by atoms with Crippen molar-refractivity contribution in [3.8, 4) is 12.1 Å². The summed E-state index contributed by atoms with van der Waals surface area (Å²) in [4.78, 5) is 33.8. The molecule has 10 nitrogen and oxygen atoms in total. The fourth-order valence-electron chi connectivity index (χ4n) is 4.34. The molecule has 0 aliphatic rings. The van der Waals surface area contributed by atoms with Gasteiger partial charge in [-0.15, -0.1) is 0 Å². The topological polar surface area (TPSA) is 177 Å². The number of anilines is 1. The fraction of sp³-hybridized carbons (Fsp3) is 0.211. The molecule has 0 spiro atoms. The number of nitrogens with zero attached hydrogens (tertiary/aromatic N) is 3. The van der Waals surface area contributed by atoms with Crippen molar-refractivity contribution in [2.75, 3.05) is 5.32 Å². The molecule has 0 aliphatic carbocycles. The number of aryl methyl sites for hydroxylation is 1. The van der Waals surface area contributed by atoms with Crippen LogP contribution in [0.5, 0.6) is 0 Å². The van der Waals surface area contributed by atoms with Gasteiger partial charge in [0.1, 0.15) is 46.1 Å². The van der Waals surface area contributed by atoms with Crippen LogP contribution >= 0.6 is 0 Å². The molecule has 0 atom stereocenters. The molecular weight excluding hydrogens is 779 g/mol. The summed E-state index contributed by atoms with van der Waals surface area (Å²) in [5.41, 5.74) is -1.90. The number of hydrogen-bond acceptors (Lipinski definition) is 9. The largest absolute Gasteiger partial charge is 0.510 e. The molecule has 0 saturated heterocycles. The number of rotatable bonds is 8. The minimum absolute atomic E-state index is 0.166. The van der Waals surface area contributed by atoms with Crippen LogP contribution in [0.15, 0.2) is 106 Å². The molecule has 1 heterocycles. The van der Waals surface area contributed by atoms with E-state index in [2.05, 4.69) is 10.5 Å². The van der Waals surface area contributed by atoms with Crippen LogP contribution in [0.2, 0.25) is 0 Å². The Hall–Kier alpha value is -6.89. The first kappa shape index (κ1) is 46.3. The second-order valence-electron chi connectivity index (χ2n) is 11.5. The predicted octanol–water partition coefficient (Wildman–Crippen LogP) is 9.60. The summed E-state index contributed by atoms with van der Waals surface area (Å²) in [7, 11) is 0. The summed E-state index contributed by atoms with van der Waals surface area (Å²) >= 11 is 0. The molecule has 4 aromatic rings. The Kier molecular flexibility index (Phi) is 15.9. The molecule has 0 saturated carbocycles. The minimum atomic E-state index is -4.42. The third-order valence-electron chi connectivity index (χ3n) is 7.28. The predicted molar refractivity (Wildman–Crippen MR) is 183 cm³/mol. The second-order valence-corrected chi connectivity index (χ2v) is 11.5. The number of allylic oxidation sites excluding steroid dienone is 4. The standard InChI is InChI=1S/2C13H10F3NO2.C12H9F3N2O2/c2*1-8(18)11(7-17)12(19)6-9-2-4-10(5-3-9)13(14,15)16;1-7-10(6-16-19-7)11(18)17-9-4-2-8(3-5-9)12(13,14)15/h2*2-5,19H,6H2,1H3;2-6H,1H3,(H,17,18). The van der Waals surface area contributed by atoms with E-state index in [9.17, 15) is 64.1 Å². The first-order valence-corrected chi connectivity index (χ1v) is 15.8. The first-order valence-electron chi connectivity index (χ1n) is 15.8. The summed E-state index contributed by atoms with van der Waals surface area (Å²) in [6, 6.07) is 15.5. The molecule has 3 aromatic carbocycles. The zero-order chi connectivity index (χ0) is 43.3. The van der Waals surface area contributed by atoms with Crippen molar-refractivity contribution in [3.63, 3.8) is 0 Å². The Bertz CT molecular complexity index is 2080. The smallest absolute Gasteiger partial charge is 0.416 e. The number of ketones is 2. The number of carbonyl (C=O) groups excluding carboxylic acids is 3. The van der Waals surface area contributed by atoms with Gasteiger partial charge in [-0.25, -0.2) is 0 Å². The Morgan fingerprint density at radius 3 is 1.25 bits per heavy atom. The van der Waals surface area contributed by atoms with E-state index in [1.807, 2.05) is 0 Å². The van der Waals surface area contributed by atoms with E-state index in [1.54, 1.807) is 19.1 Å². The summed E-state index contributed by atoms with van der Waals surface area (Å²) in [6.45, 7) is 3.82. The monoisotopic (exact) mass is 808 g/mol. The normalized spacial score (nSPS) is 12.2. The van der Waals surface area contributed by atoms with Crippen molar-refractivity contribution in [3.05, 3.63) is 141 Å². The number of amides is 1. The van der Waals surface area contributed by atoms with Crippen molar-refractivity contribution < 1.29 is 68.6 Å². The highest BCUT2D eigenvalue weighted by Crippen LogP contribution is 2.31. The number of nitriles is 2. The van der Waals surface area contributed by atoms with Crippen molar-refractivity contribution in [1.82, 2.24) is 5.16 Å². The van der Waals surface area contributed by atoms with E-state index < -0.39 is 64.2 Å². The summed E-state index contributed by atoms with van der Waals surface area (Å²) in [5, 5.41) is 42.4. The maximum absolute atomic E-state index is 12.4. The summed E-state index contributed by atoms with van der Waals surface area (Å²) in [5.74, 6) is -2.23. The number of aromatic nitrogens is 1. The van der Waals surface area contributed by atoms with Crippen LogP contribution in [0.4, 0.5) is 45.2 Å². The molecule has 4 rings (SSSR count). The zero-order valence-corrected chi connectivity index (χ0v) is 29.7. The van der Waals surface area contributed by atoms with Gasteiger partial charge in [0.15, 0.2) is 11.6 Å². The lowest BCUT2D eigenvalue weighted by molar-refractivity contribution is -0.138. The lowest BCUT2D eigenvalue weighted by Crippen LogP contribution is -2.12. The molecule has 57 heavy (non-hydrogen) atoms. The van der Waals surface area contributed by atoms with Gasteiger partial charge in [0, 0.05) is 18.5 Å². The Morgan fingerprint density at radius 2 is 0.982 bits per heavy atom. The van der Waals surface area contributed by atoms with Crippen LogP contribution in [-0.2, 0) is 41.0 Å². The van der Waals surface area contributed by atoms with E-state index in [0.717, 1.165) is 50.2 Å². The molecule has 1 amide bonds. The Labute approximate surface area is 317 Å². The molecule has 0 bridgehead atoms.